The summed E-state index contributed by atoms with van der Waals surface area (Å²) in [7, 11) is 0. The van der Waals surface area contributed by atoms with E-state index in [9.17, 15) is 9.59 Å². The minimum Gasteiger partial charge on any atom is -0.481 e. The molecule has 1 fully saturated rings. The fourth-order valence-electron chi connectivity index (χ4n) is 2.74. The lowest BCUT2D eigenvalue weighted by atomic mass is 9.94. The molecule has 2 amide bonds. The van der Waals surface area contributed by atoms with Crippen molar-refractivity contribution in [2.24, 2.45) is 0 Å². The maximum absolute atomic E-state index is 12.5. The lowest BCUT2D eigenvalue weighted by molar-refractivity contribution is -0.137. The highest BCUT2D eigenvalue weighted by Gasteiger charge is 2.27. The van der Waals surface area contributed by atoms with Crippen LogP contribution >= 0.6 is 0 Å². The summed E-state index contributed by atoms with van der Waals surface area (Å²) < 4.78 is 0. The van der Waals surface area contributed by atoms with Crippen molar-refractivity contribution in [1.29, 1.82) is 0 Å². The molecule has 1 rings (SSSR count). The summed E-state index contributed by atoms with van der Waals surface area (Å²) in [6, 6.07) is 0.336. The van der Waals surface area contributed by atoms with Crippen LogP contribution in [0.2, 0.25) is 0 Å². The van der Waals surface area contributed by atoms with E-state index >= 15 is 0 Å². The fourth-order valence-corrected chi connectivity index (χ4v) is 2.74. The van der Waals surface area contributed by atoms with E-state index in [2.05, 4.69) is 0 Å². The largest absolute Gasteiger partial charge is 0.481 e. The minimum absolute atomic E-state index is 0.00171. The Bertz CT molecular complexity index is 301. The molecule has 0 aromatic heterocycles. The zero-order valence-corrected chi connectivity index (χ0v) is 12.1. The van der Waals surface area contributed by atoms with Crippen molar-refractivity contribution in [3.8, 4) is 0 Å². The number of rotatable bonds is 6. The molecule has 1 aliphatic carbocycles. The smallest absolute Gasteiger partial charge is 0.320 e. The van der Waals surface area contributed by atoms with Gasteiger partial charge in [0.25, 0.3) is 0 Å². The number of hydrogen-bond acceptors (Lipinski definition) is 2. The Morgan fingerprint density at radius 3 is 2.21 bits per heavy atom. The van der Waals surface area contributed by atoms with Crippen molar-refractivity contribution in [3.05, 3.63) is 0 Å². The highest BCUT2D eigenvalue weighted by molar-refractivity contribution is 5.75. The summed E-state index contributed by atoms with van der Waals surface area (Å²) >= 11 is 0. The molecule has 0 radical (unpaired) electrons. The second-order valence-electron chi connectivity index (χ2n) is 5.08. The summed E-state index contributed by atoms with van der Waals surface area (Å²) in [6.07, 6.45) is 5.82. The fraction of sp³-hybridized carbons (Fsp3) is 0.857. The lowest BCUT2D eigenvalue weighted by Crippen LogP contribution is -2.49. The molecule has 1 saturated carbocycles. The molecule has 110 valence electrons. The standard InChI is InChI=1S/C14H26N2O3/c1-3-15(11-10-13(17)18)14(19)16(4-2)12-8-6-5-7-9-12/h12H,3-11H2,1-2H3,(H,17,18). The number of carbonyl (C=O) groups excluding carboxylic acids is 1. The topological polar surface area (TPSA) is 60.9 Å². The number of carboxylic acid groups (broad SMARTS) is 1. The summed E-state index contributed by atoms with van der Waals surface area (Å²) in [6.45, 7) is 5.46. The van der Waals surface area contributed by atoms with Gasteiger partial charge in [-0.15, -0.1) is 0 Å². The maximum atomic E-state index is 12.5. The predicted octanol–water partition coefficient (Wildman–Crippen LogP) is 2.56. The van der Waals surface area contributed by atoms with Crippen LogP contribution < -0.4 is 0 Å². The summed E-state index contributed by atoms with van der Waals surface area (Å²) in [4.78, 5) is 26.7. The normalized spacial score (nSPS) is 16.1. The first-order valence-electron chi connectivity index (χ1n) is 7.37. The van der Waals surface area contributed by atoms with Crippen LogP contribution in [0.4, 0.5) is 4.79 Å². The number of nitrogens with zero attached hydrogens (tertiary/aromatic N) is 2. The van der Waals surface area contributed by atoms with E-state index in [0.717, 1.165) is 12.8 Å². The third-order valence-electron chi connectivity index (χ3n) is 3.85. The Balaban J connectivity index is 2.60. The Labute approximate surface area is 115 Å². The minimum atomic E-state index is -0.855. The third-order valence-corrected chi connectivity index (χ3v) is 3.85. The molecule has 0 aromatic carbocycles. The van der Waals surface area contributed by atoms with Crippen LogP contribution in [0.1, 0.15) is 52.4 Å². The average molecular weight is 270 g/mol. The average Bonchev–Trinajstić information content (AvgIpc) is 2.41. The van der Waals surface area contributed by atoms with Crippen molar-refractivity contribution in [2.75, 3.05) is 19.6 Å². The Morgan fingerprint density at radius 1 is 1.11 bits per heavy atom. The molecule has 5 nitrogen and oxygen atoms in total. The van der Waals surface area contributed by atoms with Gasteiger partial charge in [0.05, 0.1) is 6.42 Å². The second-order valence-corrected chi connectivity index (χ2v) is 5.08. The molecule has 0 saturated heterocycles. The van der Waals surface area contributed by atoms with Gasteiger partial charge in [-0.1, -0.05) is 19.3 Å². The van der Waals surface area contributed by atoms with E-state index in [1.807, 2.05) is 18.7 Å². The van der Waals surface area contributed by atoms with E-state index in [1.165, 1.54) is 19.3 Å². The van der Waals surface area contributed by atoms with Gasteiger partial charge in [0.1, 0.15) is 0 Å². The number of aliphatic carboxylic acids is 1. The Kier molecular flexibility index (Phi) is 6.67. The number of urea groups is 1. The van der Waals surface area contributed by atoms with Crippen molar-refractivity contribution in [1.82, 2.24) is 9.80 Å². The first-order valence-corrected chi connectivity index (χ1v) is 7.37. The lowest BCUT2D eigenvalue weighted by Gasteiger charge is -2.37. The van der Waals surface area contributed by atoms with Gasteiger partial charge in [-0.2, -0.15) is 0 Å². The molecule has 0 spiro atoms. The van der Waals surface area contributed by atoms with Crippen molar-refractivity contribution in [3.63, 3.8) is 0 Å². The molecule has 5 heteroatoms. The van der Waals surface area contributed by atoms with Crippen LogP contribution in [0.5, 0.6) is 0 Å². The third kappa shape index (κ3) is 4.73. The molecule has 1 aliphatic rings. The maximum Gasteiger partial charge on any atom is 0.320 e. The summed E-state index contributed by atoms with van der Waals surface area (Å²) in [5, 5.41) is 8.73. The van der Waals surface area contributed by atoms with Crippen molar-refractivity contribution < 1.29 is 14.7 Å². The predicted molar refractivity (Wildman–Crippen MR) is 74.1 cm³/mol. The molecule has 19 heavy (non-hydrogen) atoms. The van der Waals surface area contributed by atoms with Gasteiger partial charge < -0.3 is 14.9 Å². The number of hydrogen-bond donors (Lipinski definition) is 1. The van der Waals surface area contributed by atoms with Crippen LogP contribution in [-0.4, -0.2) is 52.6 Å². The molecular formula is C14H26N2O3. The molecule has 0 atom stereocenters. The van der Waals surface area contributed by atoms with Gasteiger partial charge in [-0.3, -0.25) is 4.79 Å². The van der Waals surface area contributed by atoms with Gasteiger partial charge >= 0.3 is 12.0 Å². The van der Waals surface area contributed by atoms with E-state index in [0.29, 0.717) is 25.7 Å². The molecule has 0 bridgehead atoms. The van der Waals surface area contributed by atoms with Gasteiger partial charge in [0.15, 0.2) is 0 Å². The quantitative estimate of drug-likeness (QED) is 0.807. The first-order chi connectivity index (χ1) is 9.10. The van der Waals surface area contributed by atoms with Gasteiger partial charge in [0.2, 0.25) is 0 Å². The summed E-state index contributed by atoms with van der Waals surface area (Å²) in [5.74, 6) is -0.855. The second kappa shape index (κ2) is 8.02. The first kappa shape index (κ1) is 15.8. The monoisotopic (exact) mass is 270 g/mol. The highest BCUT2D eigenvalue weighted by Crippen LogP contribution is 2.23. The van der Waals surface area contributed by atoms with Crippen LogP contribution in [-0.2, 0) is 4.79 Å². The molecule has 1 N–H and O–H groups in total. The van der Waals surface area contributed by atoms with Crippen molar-refractivity contribution in [2.45, 2.75) is 58.4 Å². The van der Waals surface area contributed by atoms with E-state index < -0.39 is 5.97 Å². The highest BCUT2D eigenvalue weighted by atomic mass is 16.4. The van der Waals surface area contributed by atoms with Crippen LogP contribution in [0, 0.1) is 0 Å². The summed E-state index contributed by atoms with van der Waals surface area (Å²) in [5.41, 5.74) is 0. The zero-order valence-electron chi connectivity index (χ0n) is 12.1. The van der Waals surface area contributed by atoms with Crippen molar-refractivity contribution >= 4 is 12.0 Å². The number of amides is 2. The van der Waals surface area contributed by atoms with Crippen LogP contribution in [0.3, 0.4) is 0 Å². The molecule has 0 heterocycles. The number of carboxylic acids is 1. The number of carbonyl (C=O) groups is 2. The Hall–Kier alpha value is -1.26. The van der Waals surface area contributed by atoms with E-state index in [-0.39, 0.29) is 12.5 Å². The van der Waals surface area contributed by atoms with Gasteiger partial charge in [0, 0.05) is 25.7 Å². The molecular weight excluding hydrogens is 244 g/mol. The molecule has 0 unspecified atom stereocenters. The Morgan fingerprint density at radius 2 is 1.74 bits per heavy atom. The van der Waals surface area contributed by atoms with E-state index in [1.54, 1.807) is 4.90 Å². The van der Waals surface area contributed by atoms with Gasteiger partial charge in [-0.25, -0.2) is 4.79 Å². The molecule has 0 aromatic rings. The zero-order chi connectivity index (χ0) is 14.3. The van der Waals surface area contributed by atoms with Crippen LogP contribution in [0.25, 0.3) is 0 Å². The van der Waals surface area contributed by atoms with Gasteiger partial charge in [-0.05, 0) is 26.7 Å². The van der Waals surface area contributed by atoms with E-state index in [4.69, 9.17) is 5.11 Å². The molecule has 0 aliphatic heterocycles. The SMILES string of the molecule is CCN(CCC(=O)O)C(=O)N(CC)C1CCCCC1. The van der Waals surface area contributed by atoms with Crippen LogP contribution in [0.15, 0.2) is 0 Å².